The molecular weight excluding hydrogens is 360 g/mol. The Morgan fingerprint density at radius 2 is 2.15 bits per heavy atom. The molecule has 0 saturated carbocycles. The molecule has 0 saturated heterocycles. The number of amidine groups is 1. The SMILES string of the molecule is CCCNSNC1=NCNC(Cl)=C1c1ccc(Br)cc1. The fourth-order valence-corrected chi connectivity index (χ4v) is 2.82. The highest BCUT2D eigenvalue weighted by molar-refractivity contribution is 9.10. The average Bonchev–Trinajstić information content (AvgIpc) is 2.45. The summed E-state index contributed by atoms with van der Waals surface area (Å²) in [5.41, 5.74) is 1.91. The predicted molar refractivity (Wildman–Crippen MR) is 91.4 cm³/mol. The highest BCUT2D eigenvalue weighted by Crippen LogP contribution is 2.25. The van der Waals surface area contributed by atoms with Crippen molar-refractivity contribution in [1.29, 1.82) is 0 Å². The standard InChI is InChI=1S/C13H16BrClN4S/c1-2-7-18-20-19-13-11(12(15)16-8-17-13)9-3-5-10(14)6-4-9/h3-6,16,18H,2,7-8H2,1H3,(H,17,19). The molecule has 1 aromatic rings. The molecule has 7 heteroatoms. The van der Waals surface area contributed by atoms with Gasteiger partial charge in [0.1, 0.15) is 17.7 Å². The van der Waals surface area contributed by atoms with E-state index in [1.807, 2.05) is 24.3 Å². The van der Waals surface area contributed by atoms with Crippen molar-refractivity contribution in [2.24, 2.45) is 4.99 Å². The van der Waals surface area contributed by atoms with Gasteiger partial charge in [0, 0.05) is 23.2 Å². The van der Waals surface area contributed by atoms with E-state index < -0.39 is 0 Å². The first-order chi connectivity index (χ1) is 9.72. The molecule has 20 heavy (non-hydrogen) atoms. The molecule has 0 unspecified atom stereocenters. The van der Waals surface area contributed by atoms with Crippen LogP contribution in [-0.2, 0) is 0 Å². The molecule has 1 aromatic carbocycles. The van der Waals surface area contributed by atoms with E-state index in [1.54, 1.807) is 0 Å². The van der Waals surface area contributed by atoms with E-state index in [1.165, 1.54) is 12.1 Å². The second-order valence-electron chi connectivity index (χ2n) is 4.14. The van der Waals surface area contributed by atoms with E-state index in [0.717, 1.165) is 34.4 Å². The highest BCUT2D eigenvalue weighted by Gasteiger charge is 2.18. The molecule has 0 radical (unpaired) electrons. The van der Waals surface area contributed by atoms with Crippen LogP contribution in [0.25, 0.3) is 5.57 Å². The van der Waals surface area contributed by atoms with Crippen LogP contribution in [0.1, 0.15) is 18.9 Å². The van der Waals surface area contributed by atoms with Crippen LogP contribution in [0.4, 0.5) is 0 Å². The minimum Gasteiger partial charge on any atom is -0.356 e. The number of rotatable bonds is 5. The fourth-order valence-electron chi connectivity index (χ4n) is 1.66. The van der Waals surface area contributed by atoms with Crippen molar-refractivity contribution in [2.45, 2.75) is 13.3 Å². The molecule has 0 aromatic heterocycles. The van der Waals surface area contributed by atoms with Crippen LogP contribution in [0.3, 0.4) is 0 Å². The number of nitrogens with one attached hydrogen (secondary N) is 3. The third kappa shape index (κ3) is 4.15. The summed E-state index contributed by atoms with van der Waals surface area (Å²) in [5, 5.41) is 3.66. The van der Waals surface area contributed by atoms with Crippen LogP contribution in [0.2, 0.25) is 0 Å². The lowest BCUT2D eigenvalue weighted by Crippen LogP contribution is -2.30. The molecule has 0 fully saturated rings. The summed E-state index contributed by atoms with van der Waals surface area (Å²) in [5.74, 6) is 0.782. The third-order valence-corrected chi connectivity index (χ3v) is 4.13. The van der Waals surface area contributed by atoms with Gasteiger partial charge in [-0.1, -0.05) is 46.6 Å². The van der Waals surface area contributed by atoms with E-state index in [2.05, 4.69) is 42.6 Å². The van der Waals surface area contributed by atoms with Crippen molar-refractivity contribution in [2.75, 3.05) is 13.2 Å². The Bertz CT molecular complexity index is 516. The molecule has 108 valence electrons. The normalized spacial score (nSPS) is 14.8. The zero-order chi connectivity index (χ0) is 14.4. The second kappa shape index (κ2) is 7.93. The van der Waals surface area contributed by atoms with Crippen molar-refractivity contribution in [3.63, 3.8) is 0 Å². The van der Waals surface area contributed by atoms with Crippen molar-refractivity contribution in [3.8, 4) is 0 Å². The summed E-state index contributed by atoms with van der Waals surface area (Å²) >= 11 is 11.2. The lowest BCUT2D eigenvalue weighted by molar-refractivity contribution is 0.854. The van der Waals surface area contributed by atoms with Gasteiger partial charge in [-0.2, -0.15) is 0 Å². The van der Waals surface area contributed by atoms with Gasteiger partial charge in [-0.25, -0.2) is 9.71 Å². The average molecular weight is 376 g/mol. The van der Waals surface area contributed by atoms with E-state index in [-0.39, 0.29) is 0 Å². The first kappa shape index (κ1) is 15.7. The van der Waals surface area contributed by atoms with E-state index in [4.69, 9.17) is 11.6 Å². The van der Waals surface area contributed by atoms with E-state index >= 15 is 0 Å². The number of benzene rings is 1. The Balaban J connectivity index is 2.14. The molecule has 0 amide bonds. The maximum Gasteiger partial charge on any atom is 0.144 e. The smallest absolute Gasteiger partial charge is 0.144 e. The van der Waals surface area contributed by atoms with Gasteiger partial charge >= 0.3 is 0 Å². The first-order valence-electron chi connectivity index (χ1n) is 6.31. The van der Waals surface area contributed by atoms with Crippen molar-refractivity contribution in [3.05, 3.63) is 39.5 Å². The maximum atomic E-state index is 6.30. The van der Waals surface area contributed by atoms with Gasteiger partial charge in [0.2, 0.25) is 0 Å². The molecule has 4 nitrogen and oxygen atoms in total. The van der Waals surface area contributed by atoms with Crippen LogP contribution >= 0.6 is 39.7 Å². The molecule has 0 bridgehead atoms. The van der Waals surface area contributed by atoms with Crippen LogP contribution in [0.5, 0.6) is 0 Å². The van der Waals surface area contributed by atoms with Gasteiger partial charge in [-0.15, -0.1) is 0 Å². The van der Waals surface area contributed by atoms with Crippen LogP contribution < -0.4 is 14.8 Å². The summed E-state index contributed by atoms with van der Waals surface area (Å²) in [7, 11) is 0. The van der Waals surface area contributed by atoms with Crippen LogP contribution in [-0.4, -0.2) is 19.0 Å². The van der Waals surface area contributed by atoms with Gasteiger partial charge in [0.15, 0.2) is 0 Å². The quantitative estimate of drug-likeness (QED) is 0.419. The van der Waals surface area contributed by atoms with Crippen LogP contribution in [0, 0.1) is 0 Å². The largest absolute Gasteiger partial charge is 0.356 e. The number of halogens is 2. The van der Waals surface area contributed by atoms with Gasteiger partial charge in [-0.05, 0) is 24.1 Å². The summed E-state index contributed by atoms with van der Waals surface area (Å²) in [6.45, 7) is 3.55. The molecule has 1 heterocycles. The molecule has 1 aliphatic heterocycles. The molecule has 0 aliphatic carbocycles. The van der Waals surface area contributed by atoms with Gasteiger partial charge in [0.05, 0.1) is 5.57 Å². The Labute approximate surface area is 136 Å². The number of hydrogen-bond acceptors (Lipinski definition) is 5. The third-order valence-electron chi connectivity index (χ3n) is 2.63. The van der Waals surface area contributed by atoms with E-state index in [0.29, 0.717) is 11.8 Å². The van der Waals surface area contributed by atoms with Crippen molar-refractivity contribution in [1.82, 2.24) is 14.8 Å². The number of aliphatic imine (C=N–C) groups is 1. The summed E-state index contributed by atoms with van der Waals surface area (Å²) in [6, 6.07) is 7.99. The van der Waals surface area contributed by atoms with Gasteiger partial charge < -0.3 is 10.0 Å². The zero-order valence-electron chi connectivity index (χ0n) is 11.0. The number of nitrogens with zero attached hydrogens (tertiary/aromatic N) is 1. The Hall–Kier alpha value is -0.690. The molecule has 1 aliphatic rings. The lowest BCUT2D eigenvalue weighted by atomic mass is 10.1. The van der Waals surface area contributed by atoms with E-state index in [9.17, 15) is 0 Å². The Kier molecular flexibility index (Phi) is 6.22. The molecule has 0 spiro atoms. The van der Waals surface area contributed by atoms with Crippen LogP contribution in [0.15, 0.2) is 38.9 Å². The molecule has 2 rings (SSSR count). The lowest BCUT2D eigenvalue weighted by Gasteiger charge is -2.20. The monoisotopic (exact) mass is 374 g/mol. The summed E-state index contributed by atoms with van der Waals surface area (Å²) in [6.07, 6.45) is 1.08. The number of hydrogen-bond donors (Lipinski definition) is 3. The van der Waals surface area contributed by atoms with Crippen molar-refractivity contribution < 1.29 is 0 Å². The van der Waals surface area contributed by atoms with Crippen molar-refractivity contribution >= 4 is 51.1 Å². The topological polar surface area (TPSA) is 48.5 Å². The predicted octanol–water partition coefficient (Wildman–Crippen LogP) is 3.47. The highest BCUT2D eigenvalue weighted by atomic mass is 79.9. The molecular formula is C13H16BrClN4S. The minimum atomic E-state index is 0.482. The zero-order valence-corrected chi connectivity index (χ0v) is 14.2. The first-order valence-corrected chi connectivity index (χ1v) is 8.30. The van der Waals surface area contributed by atoms with Gasteiger partial charge in [0.25, 0.3) is 0 Å². The summed E-state index contributed by atoms with van der Waals surface area (Å²) in [4.78, 5) is 4.44. The molecule has 0 atom stereocenters. The maximum absolute atomic E-state index is 6.30. The fraction of sp³-hybridized carbons (Fsp3) is 0.308. The summed E-state index contributed by atoms with van der Waals surface area (Å²) < 4.78 is 7.46. The van der Waals surface area contributed by atoms with Gasteiger partial charge in [-0.3, -0.25) is 0 Å². The molecule has 3 N–H and O–H groups in total. The second-order valence-corrected chi connectivity index (χ2v) is 6.13. The minimum absolute atomic E-state index is 0.482. The Morgan fingerprint density at radius 1 is 1.40 bits per heavy atom. The Morgan fingerprint density at radius 3 is 2.85 bits per heavy atom.